The van der Waals surface area contributed by atoms with Crippen molar-refractivity contribution in [1.29, 1.82) is 0 Å². The van der Waals surface area contributed by atoms with Gasteiger partial charge in [-0.25, -0.2) is 8.78 Å². The van der Waals surface area contributed by atoms with Crippen LogP contribution in [0.2, 0.25) is 0 Å². The topological polar surface area (TPSA) is 64.3 Å². The lowest BCUT2D eigenvalue weighted by Gasteiger charge is -2.57. The third-order valence-electron chi connectivity index (χ3n) is 3.65. The van der Waals surface area contributed by atoms with E-state index in [1.54, 1.807) is 0 Å². The number of amides is 1. The largest absolute Gasteiger partial charge is 0.378 e. The smallest absolute Gasteiger partial charge is 0.255 e. The van der Waals surface area contributed by atoms with Crippen molar-refractivity contribution >= 4 is 5.91 Å². The maximum absolute atomic E-state index is 12.0. The Hall–Kier alpha value is -0.750. The molecule has 17 heavy (non-hydrogen) atoms. The van der Waals surface area contributed by atoms with Gasteiger partial charge in [-0.15, -0.1) is 0 Å². The van der Waals surface area contributed by atoms with Gasteiger partial charge in [0.2, 0.25) is 5.91 Å². The maximum atomic E-state index is 12.0. The van der Waals surface area contributed by atoms with Crippen LogP contribution in [0.3, 0.4) is 0 Å². The van der Waals surface area contributed by atoms with Crippen molar-refractivity contribution in [2.24, 2.45) is 11.1 Å². The number of nitrogens with one attached hydrogen (secondary N) is 1. The summed E-state index contributed by atoms with van der Waals surface area (Å²) in [5.74, 6) is -0.529. The van der Waals surface area contributed by atoms with E-state index in [4.69, 9.17) is 10.5 Å². The number of carbonyl (C=O) groups is 1. The molecule has 0 bridgehead atoms. The van der Waals surface area contributed by atoms with E-state index in [2.05, 4.69) is 5.32 Å². The molecule has 0 saturated heterocycles. The van der Waals surface area contributed by atoms with Gasteiger partial charge in [0.1, 0.15) is 5.54 Å². The van der Waals surface area contributed by atoms with Crippen LogP contribution in [0.15, 0.2) is 0 Å². The summed E-state index contributed by atoms with van der Waals surface area (Å²) in [7, 11) is 0. The molecule has 3 N–H and O–H groups in total. The number of ether oxygens (including phenoxy) is 1. The quantitative estimate of drug-likeness (QED) is 0.762. The predicted octanol–water partition coefficient (Wildman–Crippen LogP) is 0.900. The molecule has 4 nitrogen and oxygen atoms in total. The summed E-state index contributed by atoms with van der Waals surface area (Å²) < 4.78 is 29.5. The monoisotopic (exact) mass is 250 g/mol. The molecule has 6 heteroatoms. The number of alkyl halides is 2. The van der Waals surface area contributed by atoms with Crippen molar-refractivity contribution < 1.29 is 18.3 Å². The van der Waals surface area contributed by atoms with Crippen molar-refractivity contribution in [1.82, 2.24) is 5.32 Å². The lowest BCUT2D eigenvalue weighted by molar-refractivity contribution is -0.171. The first-order valence-electron chi connectivity index (χ1n) is 5.72. The molecule has 100 valence electrons. The van der Waals surface area contributed by atoms with Crippen LogP contribution in [0, 0.1) is 5.41 Å². The molecule has 1 amide bonds. The fourth-order valence-corrected chi connectivity index (χ4v) is 2.15. The number of hydrogen-bond donors (Lipinski definition) is 2. The molecule has 1 fully saturated rings. The summed E-state index contributed by atoms with van der Waals surface area (Å²) in [6.07, 6.45) is -2.30. The first-order chi connectivity index (χ1) is 7.75. The average Bonchev–Trinajstić information content (AvgIpc) is 2.25. The highest BCUT2D eigenvalue weighted by atomic mass is 19.3. The maximum Gasteiger partial charge on any atom is 0.255 e. The van der Waals surface area contributed by atoms with Gasteiger partial charge in [-0.05, 0) is 6.92 Å². The molecule has 0 heterocycles. The van der Waals surface area contributed by atoms with Crippen molar-refractivity contribution in [3.05, 3.63) is 0 Å². The van der Waals surface area contributed by atoms with Gasteiger partial charge in [-0.3, -0.25) is 4.79 Å². The summed E-state index contributed by atoms with van der Waals surface area (Å²) in [6.45, 7) is 5.39. The van der Waals surface area contributed by atoms with Gasteiger partial charge in [0.05, 0.1) is 12.6 Å². The Labute approximate surface area is 99.9 Å². The second kappa shape index (κ2) is 4.86. The molecule has 1 saturated carbocycles. The van der Waals surface area contributed by atoms with E-state index < -0.39 is 29.8 Å². The number of rotatable bonds is 5. The second-order valence-corrected chi connectivity index (χ2v) is 4.94. The van der Waals surface area contributed by atoms with Gasteiger partial charge in [0, 0.05) is 18.4 Å². The molecule has 2 atom stereocenters. The average molecular weight is 250 g/mol. The fraction of sp³-hybridized carbons (Fsp3) is 0.909. The first-order valence-corrected chi connectivity index (χ1v) is 5.72. The molecule has 0 aliphatic heterocycles. The summed E-state index contributed by atoms with van der Waals surface area (Å²) >= 11 is 0. The van der Waals surface area contributed by atoms with Crippen molar-refractivity contribution in [2.45, 2.75) is 45.3 Å². The lowest BCUT2D eigenvalue weighted by Crippen LogP contribution is -2.75. The van der Waals surface area contributed by atoms with E-state index in [0.29, 0.717) is 13.0 Å². The highest BCUT2D eigenvalue weighted by molar-refractivity contribution is 5.88. The van der Waals surface area contributed by atoms with Crippen molar-refractivity contribution in [3.8, 4) is 0 Å². The number of halogens is 2. The Kier molecular flexibility index (Phi) is 4.09. The zero-order valence-corrected chi connectivity index (χ0v) is 10.4. The van der Waals surface area contributed by atoms with E-state index >= 15 is 0 Å². The molecule has 0 aromatic carbocycles. The molecule has 1 rings (SSSR count). The normalized spacial score (nSPS) is 31.1. The summed E-state index contributed by atoms with van der Waals surface area (Å²) in [6, 6.07) is 0. The van der Waals surface area contributed by atoms with E-state index in [1.165, 1.54) is 0 Å². The molecule has 2 unspecified atom stereocenters. The van der Waals surface area contributed by atoms with Crippen LogP contribution in [0.25, 0.3) is 0 Å². The van der Waals surface area contributed by atoms with E-state index in [9.17, 15) is 13.6 Å². The Bertz CT molecular complexity index is 297. The number of nitrogens with two attached hydrogens (primary N) is 1. The van der Waals surface area contributed by atoms with Crippen LogP contribution in [0.1, 0.15) is 27.2 Å². The molecule has 0 spiro atoms. The minimum absolute atomic E-state index is 0.102. The van der Waals surface area contributed by atoms with Gasteiger partial charge in [-0.1, -0.05) is 13.8 Å². The van der Waals surface area contributed by atoms with Gasteiger partial charge in [-0.2, -0.15) is 0 Å². The van der Waals surface area contributed by atoms with Crippen LogP contribution >= 0.6 is 0 Å². The standard InChI is InChI=1S/C11H20F2N2O2/c1-4-17-7-5-11(14,10(7,2)3)9(16)15-6-8(12)13/h7-8H,4-6,14H2,1-3H3,(H,15,16). The Morgan fingerprint density at radius 1 is 1.59 bits per heavy atom. The summed E-state index contributed by atoms with van der Waals surface area (Å²) in [5.41, 5.74) is 4.32. The molecule has 1 aliphatic rings. The first kappa shape index (κ1) is 14.3. The van der Waals surface area contributed by atoms with Crippen LogP contribution in [0.4, 0.5) is 8.78 Å². The third-order valence-corrected chi connectivity index (χ3v) is 3.65. The van der Waals surface area contributed by atoms with Gasteiger partial charge < -0.3 is 15.8 Å². The Morgan fingerprint density at radius 3 is 2.59 bits per heavy atom. The number of carbonyl (C=O) groups excluding carboxylic acids is 1. The van der Waals surface area contributed by atoms with E-state index in [-0.39, 0.29) is 6.10 Å². The minimum Gasteiger partial charge on any atom is -0.378 e. The zero-order chi connectivity index (χ0) is 13.3. The van der Waals surface area contributed by atoms with Gasteiger partial charge >= 0.3 is 0 Å². The highest BCUT2D eigenvalue weighted by Crippen LogP contribution is 2.49. The predicted molar refractivity (Wildman–Crippen MR) is 59.7 cm³/mol. The fourth-order valence-electron chi connectivity index (χ4n) is 2.15. The third kappa shape index (κ3) is 2.42. The van der Waals surface area contributed by atoms with Crippen LogP contribution in [-0.2, 0) is 9.53 Å². The second-order valence-electron chi connectivity index (χ2n) is 4.94. The highest BCUT2D eigenvalue weighted by Gasteiger charge is 2.62. The van der Waals surface area contributed by atoms with Crippen LogP contribution in [0.5, 0.6) is 0 Å². The van der Waals surface area contributed by atoms with Crippen molar-refractivity contribution in [3.63, 3.8) is 0 Å². The molecular weight excluding hydrogens is 230 g/mol. The molecule has 0 aromatic rings. The Balaban J connectivity index is 2.62. The van der Waals surface area contributed by atoms with Crippen molar-refractivity contribution in [2.75, 3.05) is 13.2 Å². The lowest BCUT2D eigenvalue weighted by atomic mass is 9.54. The SMILES string of the molecule is CCOC1CC(N)(C(=O)NCC(F)F)C1(C)C. The van der Waals surface area contributed by atoms with Gasteiger partial charge in [0.25, 0.3) is 6.43 Å². The van der Waals surface area contributed by atoms with E-state index in [0.717, 1.165) is 0 Å². The molecular formula is C11H20F2N2O2. The molecule has 1 aliphatic carbocycles. The van der Waals surface area contributed by atoms with Gasteiger partial charge in [0.15, 0.2) is 0 Å². The zero-order valence-electron chi connectivity index (χ0n) is 10.4. The summed E-state index contributed by atoms with van der Waals surface area (Å²) in [5, 5.41) is 2.17. The van der Waals surface area contributed by atoms with Crippen LogP contribution < -0.4 is 11.1 Å². The Morgan fingerprint density at radius 2 is 2.18 bits per heavy atom. The summed E-state index contributed by atoms with van der Waals surface area (Å²) in [4.78, 5) is 11.8. The minimum atomic E-state index is -2.56. The number of hydrogen-bond acceptors (Lipinski definition) is 3. The van der Waals surface area contributed by atoms with E-state index in [1.807, 2.05) is 20.8 Å². The van der Waals surface area contributed by atoms with Crippen LogP contribution in [-0.4, -0.2) is 37.1 Å². The molecule has 0 aromatic heterocycles. The molecule has 0 radical (unpaired) electrons.